The topological polar surface area (TPSA) is 158 Å². The van der Waals surface area contributed by atoms with Gasteiger partial charge in [-0.25, -0.2) is 0 Å². The number of anilines is 1. The van der Waals surface area contributed by atoms with Crippen molar-refractivity contribution in [3.05, 3.63) is 97.6 Å². The number of carbonyl (C=O) groups is 1. The fourth-order valence-electron chi connectivity index (χ4n) is 3.16. The molecule has 0 aliphatic heterocycles. The maximum atomic E-state index is 12.6. The predicted octanol–water partition coefficient (Wildman–Crippen LogP) is 5.41. The van der Waals surface area contributed by atoms with Crippen LogP contribution in [0.5, 0.6) is 17.2 Å². The molecule has 36 heavy (non-hydrogen) atoms. The quantitative estimate of drug-likeness (QED) is 0.181. The Morgan fingerprint density at radius 3 is 2.28 bits per heavy atom. The average molecular weight is 488 g/mol. The molecule has 0 aromatic heterocycles. The van der Waals surface area contributed by atoms with E-state index >= 15 is 0 Å². The summed E-state index contributed by atoms with van der Waals surface area (Å²) in [5.74, 6) is -0.573. The van der Waals surface area contributed by atoms with E-state index in [0.717, 1.165) is 30.2 Å². The van der Waals surface area contributed by atoms with Crippen molar-refractivity contribution in [2.24, 2.45) is 0 Å². The molecule has 3 aromatic rings. The van der Waals surface area contributed by atoms with Crippen molar-refractivity contribution in [2.45, 2.75) is 13.3 Å². The van der Waals surface area contributed by atoms with Gasteiger partial charge in [-0.1, -0.05) is 25.1 Å². The molecule has 0 atom stereocenters. The lowest BCUT2D eigenvalue weighted by Crippen LogP contribution is -2.13. The number of nitro groups is 2. The lowest BCUT2D eigenvalue weighted by Gasteiger charge is -2.11. The fraction of sp³-hybridized carbons (Fsp3) is 0.120. The van der Waals surface area contributed by atoms with E-state index in [4.69, 9.17) is 9.47 Å². The van der Waals surface area contributed by atoms with E-state index in [1.54, 1.807) is 12.1 Å². The van der Waals surface area contributed by atoms with E-state index in [-0.39, 0.29) is 22.8 Å². The lowest BCUT2D eigenvalue weighted by atomic mass is 10.1. The van der Waals surface area contributed by atoms with Crippen molar-refractivity contribution in [1.29, 1.82) is 5.26 Å². The summed E-state index contributed by atoms with van der Waals surface area (Å²) in [6.07, 6.45) is 2.22. The highest BCUT2D eigenvalue weighted by atomic mass is 16.6. The monoisotopic (exact) mass is 488 g/mol. The van der Waals surface area contributed by atoms with Crippen LogP contribution in [-0.2, 0) is 11.2 Å². The van der Waals surface area contributed by atoms with Crippen LogP contribution in [0.25, 0.3) is 6.08 Å². The van der Waals surface area contributed by atoms with Gasteiger partial charge in [0.1, 0.15) is 11.6 Å². The summed E-state index contributed by atoms with van der Waals surface area (Å²) in [5, 5.41) is 34.5. The minimum atomic E-state index is -0.792. The van der Waals surface area contributed by atoms with Gasteiger partial charge in [-0.15, -0.1) is 0 Å². The maximum absolute atomic E-state index is 12.6. The fourth-order valence-corrected chi connectivity index (χ4v) is 3.16. The second kappa shape index (κ2) is 11.3. The number of benzene rings is 3. The minimum Gasteiger partial charge on any atom is -0.493 e. The standard InChI is InChI=1S/C25H20N4O7/c1-3-16-4-7-19(8-5-16)27-25(30)18(15-26)12-17-6-10-23(24(13-17)35-2)36-22-11-9-20(28(31)32)14-21(22)29(33)34/h4-14H,3H2,1-2H3,(H,27,30)/b18-12+. The van der Waals surface area contributed by atoms with Gasteiger partial charge < -0.3 is 14.8 Å². The zero-order chi connectivity index (χ0) is 26.2. The Hall–Kier alpha value is -5.24. The molecule has 0 saturated carbocycles. The van der Waals surface area contributed by atoms with Crippen LogP contribution in [0.15, 0.2) is 66.2 Å². The number of ether oxygens (including phenoxy) is 2. The highest BCUT2D eigenvalue weighted by Gasteiger charge is 2.22. The number of amides is 1. The number of hydrogen-bond donors (Lipinski definition) is 1. The Bertz CT molecular complexity index is 1390. The molecule has 0 saturated heterocycles. The Labute approximate surface area is 205 Å². The third-order valence-electron chi connectivity index (χ3n) is 5.05. The SMILES string of the molecule is CCc1ccc(NC(=O)/C(C#N)=C/c2ccc(Oc3ccc([N+](=O)[O-])cc3[N+](=O)[O-])c(OC)c2)cc1. The molecule has 0 aliphatic rings. The number of nitro benzene ring substituents is 2. The molecule has 3 aromatic carbocycles. The zero-order valence-corrected chi connectivity index (χ0v) is 19.3. The van der Waals surface area contributed by atoms with Crippen LogP contribution in [0, 0.1) is 31.6 Å². The van der Waals surface area contributed by atoms with E-state index in [9.17, 15) is 30.3 Å². The van der Waals surface area contributed by atoms with Gasteiger partial charge in [0, 0.05) is 11.8 Å². The molecule has 0 bridgehead atoms. The average Bonchev–Trinajstić information content (AvgIpc) is 2.88. The van der Waals surface area contributed by atoms with Gasteiger partial charge in [0.2, 0.25) is 5.75 Å². The largest absolute Gasteiger partial charge is 0.493 e. The van der Waals surface area contributed by atoms with E-state index in [1.165, 1.54) is 31.4 Å². The van der Waals surface area contributed by atoms with Crippen molar-refractivity contribution >= 4 is 29.0 Å². The van der Waals surface area contributed by atoms with E-state index < -0.39 is 27.1 Å². The number of non-ortho nitro benzene ring substituents is 1. The molecule has 1 amide bonds. The summed E-state index contributed by atoms with van der Waals surface area (Å²) in [7, 11) is 1.35. The Balaban J connectivity index is 1.86. The molecule has 182 valence electrons. The van der Waals surface area contributed by atoms with Crippen molar-refractivity contribution in [2.75, 3.05) is 12.4 Å². The first kappa shape index (κ1) is 25.4. The first-order valence-electron chi connectivity index (χ1n) is 10.6. The zero-order valence-electron chi connectivity index (χ0n) is 19.3. The van der Waals surface area contributed by atoms with Crippen molar-refractivity contribution in [3.63, 3.8) is 0 Å². The molecular formula is C25H20N4O7. The smallest absolute Gasteiger partial charge is 0.318 e. The highest BCUT2D eigenvalue weighted by molar-refractivity contribution is 6.09. The molecule has 0 unspecified atom stereocenters. The molecule has 11 nitrogen and oxygen atoms in total. The van der Waals surface area contributed by atoms with Gasteiger partial charge in [-0.2, -0.15) is 5.26 Å². The van der Waals surface area contributed by atoms with Gasteiger partial charge >= 0.3 is 5.69 Å². The van der Waals surface area contributed by atoms with Crippen LogP contribution in [0.1, 0.15) is 18.1 Å². The third kappa shape index (κ3) is 6.00. The number of carbonyl (C=O) groups excluding carboxylic acids is 1. The summed E-state index contributed by atoms with van der Waals surface area (Å²) in [4.78, 5) is 33.3. The van der Waals surface area contributed by atoms with Crippen LogP contribution in [0.3, 0.4) is 0 Å². The first-order valence-corrected chi connectivity index (χ1v) is 10.6. The number of aryl methyl sites for hydroxylation is 1. The summed E-state index contributed by atoms with van der Waals surface area (Å²) in [6.45, 7) is 2.02. The van der Waals surface area contributed by atoms with E-state index in [0.29, 0.717) is 11.3 Å². The normalized spacial score (nSPS) is 10.8. The number of hydrogen-bond acceptors (Lipinski definition) is 8. The number of methoxy groups -OCH3 is 1. The van der Waals surface area contributed by atoms with Gasteiger partial charge in [0.05, 0.1) is 23.0 Å². The number of nitrogens with one attached hydrogen (secondary N) is 1. The number of rotatable bonds is 9. The van der Waals surface area contributed by atoms with E-state index in [1.807, 2.05) is 25.1 Å². The van der Waals surface area contributed by atoms with E-state index in [2.05, 4.69) is 5.32 Å². The van der Waals surface area contributed by atoms with Gasteiger partial charge in [-0.3, -0.25) is 25.0 Å². The van der Waals surface area contributed by atoms with Crippen molar-refractivity contribution in [1.82, 2.24) is 0 Å². The van der Waals surface area contributed by atoms with Crippen LogP contribution >= 0.6 is 0 Å². The van der Waals surface area contributed by atoms with Crippen LogP contribution < -0.4 is 14.8 Å². The number of nitriles is 1. The summed E-state index contributed by atoms with van der Waals surface area (Å²) >= 11 is 0. The third-order valence-corrected chi connectivity index (χ3v) is 5.05. The molecule has 0 radical (unpaired) electrons. The number of nitrogens with zero attached hydrogens (tertiary/aromatic N) is 3. The lowest BCUT2D eigenvalue weighted by molar-refractivity contribution is -0.394. The van der Waals surface area contributed by atoms with Crippen molar-refractivity contribution < 1.29 is 24.1 Å². The minimum absolute atomic E-state index is 0.0885. The summed E-state index contributed by atoms with van der Waals surface area (Å²) in [5.41, 5.74) is 0.888. The van der Waals surface area contributed by atoms with Crippen LogP contribution in [0.4, 0.5) is 17.1 Å². The molecule has 1 N–H and O–H groups in total. The van der Waals surface area contributed by atoms with Gasteiger partial charge in [-0.05, 0) is 54.0 Å². The second-order valence-electron chi connectivity index (χ2n) is 7.35. The van der Waals surface area contributed by atoms with Gasteiger partial charge in [0.15, 0.2) is 11.5 Å². The Morgan fingerprint density at radius 1 is 1.00 bits per heavy atom. The molecule has 11 heteroatoms. The molecule has 0 aliphatic carbocycles. The van der Waals surface area contributed by atoms with Gasteiger partial charge in [0.25, 0.3) is 11.6 Å². The van der Waals surface area contributed by atoms with Crippen LogP contribution in [-0.4, -0.2) is 22.9 Å². The highest BCUT2D eigenvalue weighted by Crippen LogP contribution is 2.38. The molecule has 0 fully saturated rings. The Kier molecular flexibility index (Phi) is 7.94. The second-order valence-corrected chi connectivity index (χ2v) is 7.35. The first-order chi connectivity index (χ1) is 17.2. The predicted molar refractivity (Wildman–Crippen MR) is 131 cm³/mol. The van der Waals surface area contributed by atoms with Crippen molar-refractivity contribution in [3.8, 4) is 23.3 Å². The van der Waals surface area contributed by atoms with Crippen LogP contribution in [0.2, 0.25) is 0 Å². The molecule has 3 rings (SSSR count). The maximum Gasteiger partial charge on any atom is 0.318 e. The summed E-state index contributed by atoms with van der Waals surface area (Å²) < 4.78 is 10.9. The molecule has 0 heterocycles. The Morgan fingerprint density at radius 2 is 1.69 bits per heavy atom. The molecule has 0 spiro atoms. The summed E-state index contributed by atoms with van der Waals surface area (Å²) in [6, 6.07) is 16.6. The molecular weight excluding hydrogens is 468 g/mol.